The second-order valence-electron chi connectivity index (χ2n) is 6.08. The summed E-state index contributed by atoms with van der Waals surface area (Å²) in [5.74, 6) is -0.0264. The molecule has 0 fully saturated rings. The Morgan fingerprint density at radius 3 is 2.26 bits per heavy atom. The molecule has 0 saturated carbocycles. The van der Waals surface area contributed by atoms with Gasteiger partial charge < -0.3 is 4.52 Å². The van der Waals surface area contributed by atoms with E-state index >= 15 is 0 Å². The number of allylic oxidation sites excluding steroid dienone is 1. The van der Waals surface area contributed by atoms with Gasteiger partial charge in [0.1, 0.15) is 12.0 Å². The van der Waals surface area contributed by atoms with E-state index in [1.54, 1.807) is 12.3 Å². The fraction of sp³-hybridized carbons (Fsp3) is 0. The van der Waals surface area contributed by atoms with Crippen LogP contribution in [0.2, 0.25) is 0 Å². The minimum atomic E-state index is -0.0264. The number of hydrogen-bond acceptors (Lipinski definition) is 3. The number of ketones is 1. The summed E-state index contributed by atoms with van der Waals surface area (Å²) in [5.41, 5.74) is 5.42. The predicted octanol–water partition coefficient (Wildman–Crippen LogP) is 5.90. The second-order valence-corrected chi connectivity index (χ2v) is 6.08. The monoisotopic (exact) mass is 351 g/mol. The van der Waals surface area contributed by atoms with Gasteiger partial charge in [-0.15, -0.1) is 0 Å². The largest absolute Gasteiger partial charge is 0.364 e. The van der Waals surface area contributed by atoms with Crippen molar-refractivity contribution in [1.29, 1.82) is 0 Å². The summed E-state index contributed by atoms with van der Waals surface area (Å²) in [7, 11) is 0. The predicted molar refractivity (Wildman–Crippen MR) is 107 cm³/mol. The minimum Gasteiger partial charge on any atom is -0.364 e. The molecule has 0 atom stereocenters. The Hall–Kier alpha value is -3.72. The van der Waals surface area contributed by atoms with Crippen molar-refractivity contribution < 1.29 is 9.32 Å². The first-order chi connectivity index (χ1) is 13.3. The van der Waals surface area contributed by atoms with Crippen molar-refractivity contribution >= 4 is 11.9 Å². The number of nitrogens with zero attached hydrogens (tertiary/aromatic N) is 1. The number of carbonyl (C=O) groups is 1. The SMILES string of the molecule is O=C(C=Cc1cccc(-c2ccon2)c1-c1ccccc1)c1ccccc1. The first-order valence-corrected chi connectivity index (χ1v) is 8.69. The quantitative estimate of drug-likeness (QED) is 0.332. The van der Waals surface area contributed by atoms with Gasteiger partial charge in [-0.25, -0.2) is 0 Å². The van der Waals surface area contributed by atoms with Gasteiger partial charge in [0.05, 0.1) is 0 Å². The number of aromatic nitrogens is 1. The smallest absolute Gasteiger partial charge is 0.185 e. The molecule has 0 bridgehead atoms. The summed E-state index contributed by atoms with van der Waals surface area (Å²) in [6.45, 7) is 0. The maximum atomic E-state index is 12.5. The van der Waals surface area contributed by atoms with Crippen LogP contribution in [0.4, 0.5) is 0 Å². The Bertz CT molecular complexity index is 1070. The summed E-state index contributed by atoms with van der Waals surface area (Å²) in [4.78, 5) is 12.5. The summed E-state index contributed by atoms with van der Waals surface area (Å²) in [5, 5.41) is 4.09. The summed E-state index contributed by atoms with van der Waals surface area (Å²) in [6, 6.07) is 27.1. The Morgan fingerprint density at radius 1 is 0.815 bits per heavy atom. The van der Waals surface area contributed by atoms with Gasteiger partial charge >= 0.3 is 0 Å². The van der Waals surface area contributed by atoms with Crippen LogP contribution >= 0.6 is 0 Å². The highest BCUT2D eigenvalue weighted by Crippen LogP contribution is 2.35. The Morgan fingerprint density at radius 2 is 1.56 bits per heavy atom. The van der Waals surface area contributed by atoms with Crippen LogP contribution in [-0.2, 0) is 0 Å². The lowest BCUT2D eigenvalue weighted by Gasteiger charge is -2.11. The van der Waals surface area contributed by atoms with Gasteiger partial charge in [-0.3, -0.25) is 4.79 Å². The van der Waals surface area contributed by atoms with Gasteiger partial charge in [0.2, 0.25) is 0 Å². The highest BCUT2D eigenvalue weighted by molar-refractivity contribution is 6.07. The van der Waals surface area contributed by atoms with E-state index in [0.29, 0.717) is 5.56 Å². The Kier molecular flexibility index (Phi) is 4.75. The third-order valence-corrected chi connectivity index (χ3v) is 4.35. The molecule has 3 nitrogen and oxygen atoms in total. The average Bonchev–Trinajstić information content (AvgIpc) is 3.28. The molecule has 0 saturated heterocycles. The molecular formula is C24H17NO2. The highest BCUT2D eigenvalue weighted by Gasteiger charge is 2.13. The zero-order valence-corrected chi connectivity index (χ0v) is 14.6. The molecule has 0 aliphatic rings. The van der Waals surface area contributed by atoms with E-state index < -0.39 is 0 Å². The van der Waals surface area contributed by atoms with Crippen molar-refractivity contribution in [3.05, 3.63) is 108 Å². The van der Waals surface area contributed by atoms with E-state index in [-0.39, 0.29) is 5.78 Å². The van der Waals surface area contributed by atoms with Crippen molar-refractivity contribution in [1.82, 2.24) is 5.16 Å². The highest BCUT2D eigenvalue weighted by atomic mass is 16.5. The molecule has 0 spiro atoms. The normalized spacial score (nSPS) is 11.0. The van der Waals surface area contributed by atoms with Gasteiger partial charge in [-0.2, -0.15) is 0 Å². The molecule has 3 aromatic carbocycles. The topological polar surface area (TPSA) is 43.1 Å². The lowest BCUT2D eigenvalue weighted by Crippen LogP contribution is -1.94. The van der Waals surface area contributed by atoms with Crippen LogP contribution in [0.5, 0.6) is 0 Å². The average molecular weight is 351 g/mol. The van der Waals surface area contributed by atoms with Crippen molar-refractivity contribution in [2.24, 2.45) is 0 Å². The number of rotatable bonds is 5. The minimum absolute atomic E-state index is 0.0264. The number of benzene rings is 3. The third kappa shape index (κ3) is 3.62. The fourth-order valence-electron chi connectivity index (χ4n) is 3.07. The molecule has 0 aliphatic heterocycles. The zero-order chi connectivity index (χ0) is 18.5. The third-order valence-electron chi connectivity index (χ3n) is 4.35. The Labute approximate surface area is 157 Å². The van der Waals surface area contributed by atoms with Crippen LogP contribution < -0.4 is 0 Å². The van der Waals surface area contributed by atoms with Gasteiger partial charge in [0.25, 0.3) is 0 Å². The van der Waals surface area contributed by atoms with Gasteiger partial charge in [0.15, 0.2) is 5.78 Å². The fourth-order valence-corrected chi connectivity index (χ4v) is 3.07. The maximum Gasteiger partial charge on any atom is 0.185 e. The molecule has 0 N–H and O–H groups in total. The van der Waals surface area contributed by atoms with E-state index in [1.807, 2.05) is 78.9 Å². The van der Waals surface area contributed by atoms with E-state index in [2.05, 4.69) is 17.3 Å². The molecule has 4 aromatic rings. The lowest BCUT2D eigenvalue weighted by atomic mass is 9.92. The van der Waals surface area contributed by atoms with Crippen molar-refractivity contribution in [3.63, 3.8) is 0 Å². The standard InChI is InChI=1S/C24H17NO2/c26-23(18-8-3-1-4-9-18)15-14-20-12-7-13-21(22-16-17-27-25-22)24(20)19-10-5-2-6-11-19/h1-17H. The molecule has 27 heavy (non-hydrogen) atoms. The van der Waals surface area contributed by atoms with E-state index in [0.717, 1.165) is 27.9 Å². The number of hydrogen-bond donors (Lipinski definition) is 0. The van der Waals surface area contributed by atoms with Crippen LogP contribution in [0.25, 0.3) is 28.5 Å². The molecule has 130 valence electrons. The van der Waals surface area contributed by atoms with Crippen molar-refractivity contribution in [2.75, 3.05) is 0 Å². The molecule has 0 unspecified atom stereocenters. The zero-order valence-electron chi connectivity index (χ0n) is 14.6. The molecule has 4 rings (SSSR count). The molecule has 1 aromatic heterocycles. The van der Waals surface area contributed by atoms with Crippen LogP contribution in [0.15, 0.2) is 102 Å². The van der Waals surface area contributed by atoms with E-state index in [9.17, 15) is 4.79 Å². The summed E-state index contributed by atoms with van der Waals surface area (Å²) < 4.78 is 5.03. The van der Waals surface area contributed by atoms with Gasteiger partial charge in [0, 0.05) is 17.2 Å². The second kappa shape index (κ2) is 7.67. The maximum absolute atomic E-state index is 12.5. The molecule has 0 amide bonds. The van der Waals surface area contributed by atoms with Gasteiger partial charge in [-0.05, 0) is 22.8 Å². The molecule has 3 heteroatoms. The lowest BCUT2D eigenvalue weighted by molar-refractivity contribution is 0.104. The van der Waals surface area contributed by atoms with Crippen molar-refractivity contribution in [2.45, 2.75) is 0 Å². The first-order valence-electron chi connectivity index (χ1n) is 8.69. The van der Waals surface area contributed by atoms with Crippen LogP contribution in [0.1, 0.15) is 15.9 Å². The van der Waals surface area contributed by atoms with Crippen LogP contribution in [0, 0.1) is 0 Å². The first kappa shape index (κ1) is 16.7. The number of carbonyl (C=O) groups excluding carboxylic acids is 1. The van der Waals surface area contributed by atoms with Crippen LogP contribution in [-0.4, -0.2) is 10.9 Å². The molecular weight excluding hydrogens is 334 g/mol. The molecule has 1 heterocycles. The summed E-state index contributed by atoms with van der Waals surface area (Å²) in [6.07, 6.45) is 5.04. The van der Waals surface area contributed by atoms with Gasteiger partial charge in [-0.1, -0.05) is 90.1 Å². The van der Waals surface area contributed by atoms with Crippen LogP contribution in [0.3, 0.4) is 0 Å². The Balaban J connectivity index is 1.80. The van der Waals surface area contributed by atoms with Crippen molar-refractivity contribution in [3.8, 4) is 22.4 Å². The van der Waals surface area contributed by atoms with E-state index in [4.69, 9.17) is 4.52 Å². The molecule has 0 radical (unpaired) electrons. The molecule has 0 aliphatic carbocycles. The summed E-state index contributed by atoms with van der Waals surface area (Å²) >= 11 is 0. The van der Waals surface area contributed by atoms with E-state index in [1.165, 1.54) is 0 Å².